The molecule has 0 aliphatic carbocycles. The summed E-state index contributed by atoms with van der Waals surface area (Å²) in [7, 11) is 0. The van der Waals surface area contributed by atoms with Gasteiger partial charge in [0.1, 0.15) is 0 Å². The molecule has 0 bridgehead atoms. The van der Waals surface area contributed by atoms with E-state index >= 15 is 0 Å². The first-order valence-corrected chi connectivity index (χ1v) is 5.60. The molecule has 0 unspecified atom stereocenters. The van der Waals surface area contributed by atoms with E-state index in [1.54, 1.807) is 30.3 Å². The molecule has 2 aromatic carbocycles. The molecule has 0 spiro atoms. The lowest BCUT2D eigenvalue weighted by atomic mass is 10.1. The van der Waals surface area contributed by atoms with E-state index < -0.39 is 5.97 Å². The third kappa shape index (κ3) is 2.55. The number of hydrogen-bond acceptors (Lipinski definition) is 3. The molecular formula is C13H11ClN2O2. The molecule has 18 heavy (non-hydrogen) atoms. The highest BCUT2D eigenvalue weighted by atomic mass is 35.5. The fraction of sp³-hybridized carbons (Fsp3) is 0. The van der Waals surface area contributed by atoms with Gasteiger partial charge in [0.15, 0.2) is 0 Å². The Hall–Kier alpha value is -2.20. The Balaban J connectivity index is 2.41. The van der Waals surface area contributed by atoms with Crippen LogP contribution in [0, 0.1) is 0 Å². The maximum atomic E-state index is 11.1. The number of hydrogen-bond donors (Lipinski definition) is 3. The molecule has 5 heteroatoms. The molecule has 0 aliphatic heterocycles. The van der Waals surface area contributed by atoms with E-state index in [-0.39, 0.29) is 5.56 Å². The largest absolute Gasteiger partial charge is 0.478 e. The summed E-state index contributed by atoms with van der Waals surface area (Å²) in [6.07, 6.45) is 0. The first-order valence-electron chi connectivity index (χ1n) is 5.22. The zero-order chi connectivity index (χ0) is 13.1. The van der Waals surface area contributed by atoms with Crippen LogP contribution in [0.25, 0.3) is 0 Å². The minimum atomic E-state index is -1.05. The van der Waals surface area contributed by atoms with Gasteiger partial charge in [0.25, 0.3) is 0 Å². The molecule has 0 amide bonds. The van der Waals surface area contributed by atoms with Crippen LogP contribution >= 0.6 is 11.6 Å². The topological polar surface area (TPSA) is 75.3 Å². The van der Waals surface area contributed by atoms with Crippen LogP contribution in [0.1, 0.15) is 10.4 Å². The number of nitrogens with one attached hydrogen (secondary N) is 1. The number of para-hydroxylation sites is 2. The molecule has 0 aromatic heterocycles. The smallest absolute Gasteiger partial charge is 0.337 e. The Labute approximate surface area is 109 Å². The van der Waals surface area contributed by atoms with Crippen LogP contribution in [0.3, 0.4) is 0 Å². The summed E-state index contributed by atoms with van der Waals surface area (Å²) in [6, 6.07) is 11.8. The quantitative estimate of drug-likeness (QED) is 0.742. The van der Waals surface area contributed by atoms with Crippen molar-refractivity contribution in [3.8, 4) is 0 Å². The second kappa shape index (κ2) is 4.98. The number of nitrogens with two attached hydrogens (primary N) is 1. The van der Waals surface area contributed by atoms with Gasteiger partial charge in [-0.2, -0.15) is 0 Å². The van der Waals surface area contributed by atoms with Gasteiger partial charge in [-0.3, -0.25) is 0 Å². The second-order valence-electron chi connectivity index (χ2n) is 3.71. The van der Waals surface area contributed by atoms with E-state index in [9.17, 15) is 4.79 Å². The lowest BCUT2D eigenvalue weighted by Gasteiger charge is -2.11. The predicted molar refractivity (Wildman–Crippen MR) is 72.5 cm³/mol. The summed E-state index contributed by atoms with van der Waals surface area (Å²) in [5, 5.41) is 12.5. The molecule has 0 atom stereocenters. The van der Waals surface area contributed by atoms with Gasteiger partial charge >= 0.3 is 5.97 Å². The van der Waals surface area contributed by atoms with Gasteiger partial charge < -0.3 is 16.2 Å². The van der Waals surface area contributed by atoms with Gasteiger partial charge in [-0.25, -0.2) is 4.79 Å². The number of benzene rings is 2. The Bertz CT molecular complexity index is 599. The SMILES string of the molecule is Nc1ccccc1Nc1ccc(Cl)cc1C(=O)O. The molecule has 0 heterocycles. The van der Waals surface area contributed by atoms with E-state index in [1.165, 1.54) is 6.07 Å². The minimum absolute atomic E-state index is 0.103. The lowest BCUT2D eigenvalue weighted by molar-refractivity contribution is 0.0698. The van der Waals surface area contributed by atoms with Crippen LogP contribution in [-0.4, -0.2) is 11.1 Å². The Morgan fingerprint density at radius 1 is 1.17 bits per heavy atom. The fourth-order valence-corrected chi connectivity index (χ4v) is 1.73. The van der Waals surface area contributed by atoms with Gasteiger partial charge in [-0.1, -0.05) is 23.7 Å². The van der Waals surface area contributed by atoms with Crippen LogP contribution in [0.5, 0.6) is 0 Å². The highest BCUT2D eigenvalue weighted by Crippen LogP contribution is 2.27. The normalized spacial score (nSPS) is 10.1. The van der Waals surface area contributed by atoms with Gasteiger partial charge in [-0.15, -0.1) is 0 Å². The monoisotopic (exact) mass is 262 g/mol. The number of carboxylic acids is 1. The highest BCUT2D eigenvalue weighted by Gasteiger charge is 2.11. The van der Waals surface area contributed by atoms with E-state index in [4.69, 9.17) is 22.4 Å². The second-order valence-corrected chi connectivity index (χ2v) is 4.14. The average Bonchev–Trinajstić information content (AvgIpc) is 2.34. The molecule has 2 aromatic rings. The number of rotatable bonds is 3. The molecule has 92 valence electrons. The van der Waals surface area contributed by atoms with Crippen LogP contribution < -0.4 is 11.1 Å². The molecule has 0 radical (unpaired) electrons. The minimum Gasteiger partial charge on any atom is -0.478 e. The maximum absolute atomic E-state index is 11.1. The molecule has 2 rings (SSSR count). The van der Waals surface area contributed by atoms with Crippen molar-refractivity contribution in [1.82, 2.24) is 0 Å². The lowest BCUT2D eigenvalue weighted by Crippen LogP contribution is -2.04. The zero-order valence-corrected chi connectivity index (χ0v) is 10.1. The summed E-state index contributed by atoms with van der Waals surface area (Å²) in [5.41, 5.74) is 7.54. The number of halogens is 1. The van der Waals surface area contributed by atoms with Gasteiger partial charge in [0, 0.05) is 5.02 Å². The van der Waals surface area contributed by atoms with E-state index in [0.29, 0.717) is 22.1 Å². The highest BCUT2D eigenvalue weighted by molar-refractivity contribution is 6.31. The van der Waals surface area contributed by atoms with Crippen molar-refractivity contribution in [2.45, 2.75) is 0 Å². The first-order chi connectivity index (χ1) is 8.58. The third-order valence-corrected chi connectivity index (χ3v) is 2.68. The Morgan fingerprint density at radius 3 is 2.56 bits per heavy atom. The first kappa shape index (κ1) is 12.3. The molecule has 0 saturated carbocycles. The standard InChI is InChI=1S/C13H11ClN2O2/c14-8-5-6-11(9(7-8)13(17)18)16-12-4-2-1-3-10(12)15/h1-7,16H,15H2,(H,17,18). The van der Waals surface area contributed by atoms with Crippen molar-refractivity contribution in [3.05, 3.63) is 53.1 Å². The number of anilines is 3. The van der Waals surface area contributed by atoms with E-state index in [0.717, 1.165) is 0 Å². The van der Waals surface area contributed by atoms with E-state index in [1.807, 2.05) is 6.07 Å². The Kier molecular flexibility index (Phi) is 3.39. The summed E-state index contributed by atoms with van der Waals surface area (Å²) < 4.78 is 0. The van der Waals surface area contributed by atoms with Crippen LogP contribution in [0.2, 0.25) is 5.02 Å². The van der Waals surface area contributed by atoms with Gasteiger partial charge in [0.2, 0.25) is 0 Å². The van der Waals surface area contributed by atoms with Gasteiger partial charge in [0.05, 0.1) is 22.6 Å². The molecular weight excluding hydrogens is 252 g/mol. The summed E-state index contributed by atoms with van der Waals surface area (Å²) in [4.78, 5) is 11.1. The fourth-order valence-electron chi connectivity index (χ4n) is 1.56. The Morgan fingerprint density at radius 2 is 1.89 bits per heavy atom. The number of carbonyl (C=O) groups is 1. The molecule has 0 fully saturated rings. The summed E-state index contributed by atoms with van der Waals surface area (Å²) >= 11 is 5.78. The molecule has 0 saturated heterocycles. The van der Waals surface area contributed by atoms with Crippen LogP contribution in [0.4, 0.5) is 17.1 Å². The zero-order valence-electron chi connectivity index (χ0n) is 9.35. The molecule has 4 nitrogen and oxygen atoms in total. The number of aromatic carboxylic acids is 1. The molecule has 0 aliphatic rings. The van der Waals surface area contributed by atoms with Crippen molar-refractivity contribution in [3.63, 3.8) is 0 Å². The van der Waals surface area contributed by atoms with Crippen molar-refractivity contribution < 1.29 is 9.90 Å². The predicted octanol–water partition coefficient (Wildman–Crippen LogP) is 3.36. The van der Waals surface area contributed by atoms with Crippen LogP contribution in [-0.2, 0) is 0 Å². The number of nitrogen functional groups attached to an aromatic ring is 1. The van der Waals surface area contributed by atoms with E-state index in [2.05, 4.69) is 5.32 Å². The third-order valence-electron chi connectivity index (χ3n) is 2.44. The number of carboxylic acid groups (broad SMARTS) is 1. The van der Waals surface area contributed by atoms with Crippen molar-refractivity contribution in [2.24, 2.45) is 0 Å². The maximum Gasteiger partial charge on any atom is 0.337 e. The van der Waals surface area contributed by atoms with Crippen LogP contribution in [0.15, 0.2) is 42.5 Å². The summed E-state index contributed by atoms with van der Waals surface area (Å²) in [6.45, 7) is 0. The van der Waals surface area contributed by atoms with Crippen molar-refractivity contribution in [1.29, 1.82) is 0 Å². The van der Waals surface area contributed by atoms with Crippen molar-refractivity contribution >= 4 is 34.6 Å². The van der Waals surface area contributed by atoms with Crippen molar-refractivity contribution in [2.75, 3.05) is 11.1 Å². The molecule has 4 N–H and O–H groups in total. The summed E-state index contributed by atoms with van der Waals surface area (Å²) in [5.74, 6) is -1.05. The average molecular weight is 263 g/mol. The van der Waals surface area contributed by atoms with Gasteiger partial charge in [-0.05, 0) is 30.3 Å².